The minimum Gasteiger partial charge on any atom is -0.348 e. The molecule has 0 aliphatic rings. The van der Waals surface area contributed by atoms with E-state index in [2.05, 4.69) is 10.3 Å². The molecule has 0 atom stereocenters. The minimum atomic E-state index is -0.238. The fourth-order valence-corrected chi connectivity index (χ4v) is 1.70. The van der Waals surface area contributed by atoms with Gasteiger partial charge in [0.2, 0.25) is 0 Å². The highest BCUT2D eigenvalue weighted by molar-refractivity contribution is 5.93. The normalized spacial score (nSPS) is 10.3. The second kappa shape index (κ2) is 5.61. The van der Waals surface area contributed by atoms with Gasteiger partial charge in [0, 0.05) is 18.4 Å². The van der Waals surface area contributed by atoms with E-state index in [-0.39, 0.29) is 11.7 Å². The highest BCUT2D eigenvalue weighted by Crippen LogP contribution is 2.09. The standard InChI is InChI=1S/C15H15FN2O/c1-10-7-12(4-6-14(10)16)8-18-15(19)13-5-3-11(2)17-9-13/h3-7,9H,8H2,1-2H3,(H,18,19). The SMILES string of the molecule is Cc1ccc(C(=O)NCc2ccc(F)c(C)c2)cn1. The summed E-state index contributed by atoms with van der Waals surface area (Å²) in [6.45, 7) is 3.93. The second-order valence-corrected chi connectivity index (χ2v) is 4.45. The molecule has 1 aromatic heterocycles. The maximum atomic E-state index is 13.1. The maximum Gasteiger partial charge on any atom is 0.253 e. The van der Waals surface area contributed by atoms with Crippen LogP contribution in [0.2, 0.25) is 0 Å². The smallest absolute Gasteiger partial charge is 0.253 e. The van der Waals surface area contributed by atoms with E-state index in [0.29, 0.717) is 17.7 Å². The number of pyridine rings is 1. The van der Waals surface area contributed by atoms with Crippen molar-refractivity contribution >= 4 is 5.91 Å². The summed E-state index contributed by atoms with van der Waals surface area (Å²) >= 11 is 0. The summed E-state index contributed by atoms with van der Waals surface area (Å²) in [6, 6.07) is 8.31. The molecule has 3 nitrogen and oxygen atoms in total. The van der Waals surface area contributed by atoms with Gasteiger partial charge in [0.1, 0.15) is 5.82 Å². The van der Waals surface area contributed by atoms with Gasteiger partial charge in [-0.2, -0.15) is 0 Å². The first-order valence-corrected chi connectivity index (χ1v) is 6.02. The van der Waals surface area contributed by atoms with Crippen molar-refractivity contribution in [2.75, 3.05) is 0 Å². The molecule has 19 heavy (non-hydrogen) atoms. The molecule has 0 bridgehead atoms. The number of benzene rings is 1. The lowest BCUT2D eigenvalue weighted by Gasteiger charge is -2.06. The van der Waals surface area contributed by atoms with Crippen molar-refractivity contribution in [3.05, 3.63) is 64.7 Å². The van der Waals surface area contributed by atoms with E-state index < -0.39 is 0 Å². The summed E-state index contributed by atoms with van der Waals surface area (Å²) < 4.78 is 13.1. The van der Waals surface area contributed by atoms with E-state index in [1.807, 2.05) is 6.92 Å². The van der Waals surface area contributed by atoms with Crippen LogP contribution in [0, 0.1) is 19.7 Å². The number of aromatic nitrogens is 1. The summed E-state index contributed by atoms with van der Waals surface area (Å²) in [4.78, 5) is 15.9. The highest BCUT2D eigenvalue weighted by atomic mass is 19.1. The molecular weight excluding hydrogens is 243 g/mol. The monoisotopic (exact) mass is 258 g/mol. The van der Waals surface area contributed by atoms with Crippen LogP contribution in [0.3, 0.4) is 0 Å². The Bertz CT molecular complexity index is 594. The topological polar surface area (TPSA) is 42.0 Å². The number of rotatable bonds is 3. The Labute approximate surface area is 111 Å². The zero-order valence-electron chi connectivity index (χ0n) is 10.9. The van der Waals surface area contributed by atoms with Gasteiger partial charge in [0.05, 0.1) is 5.56 Å². The second-order valence-electron chi connectivity index (χ2n) is 4.45. The van der Waals surface area contributed by atoms with Gasteiger partial charge in [-0.25, -0.2) is 4.39 Å². The van der Waals surface area contributed by atoms with Crippen LogP contribution in [-0.2, 0) is 6.54 Å². The average molecular weight is 258 g/mol. The van der Waals surface area contributed by atoms with Crippen LogP contribution in [0.1, 0.15) is 27.2 Å². The molecule has 1 heterocycles. The van der Waals surface area contributed by atoms with Gasteiger partial charge in [-0.3, -0.25) is 9.78 Å². The number of halogens is 1. The summed E-state index contributed by atoms with van der Waals surface area (Å²) in [5, 5.41) is 2.78. The van der Waals surface area contributed by atoms with Gasteiger partial charge >= 0.3 is 0 Å². The summed E-state index contributed by atoms with van der Waals surface area (Å²) in [7, 11) is 0. The average Bonchev–Trinajstić information content (AvgIpc) is 2.40. The first kappa shape index (κ1) is 13.2. The van der Waals surface area contributed by atoms with Gasteiger partial charge in [-0.1, -0.05) is 12.1 Å². The number of hydrogen-bond donors (Lipinski definition) is 1. The predicted molar refractivity (Wildman–Crippen MR) is 71.3 cm³/mol. The third-order valence-corrected chi connectivity index (χ3v) is 2.85. The van der Waals surface area contributed by atoms with Crippen LogP contribution in [-0.4, -0.2) is 10.9 Å². The van der Waals surface area contributed by atoms with Gasteiger partial charge < -0.3 is 5.32 Å². The molecule has 0 aliphatic carbocycles. The van der Waals surface area contributed by atoms with Gasteiger partial charge in [0.15, 0.2) is 0 Å². The maximum absolute atomic E-state index is 13.1. The van der Waals surface area contributed by atoms with Crippen molar-refractivity contribution in [3.63, 3.8) is 0 Å². The first-order chi connectivity index (χ1) is 9.06. The number of aryl methyl sites for hydroxylation is 2. The third-order valence-electron chi connectivity index (χ3n) is 2.85. The van der Waals surface area contributed by atoms with E-state index in [9.17, 15) is 9.18 Å². The zero-order chi connectivity index (χ0) is 13.8. The Morgan fingerprint density at radius 2 is 2.05 bits per heavy atom. The summed E-state index contributed by atoms with van der Waals surface area (Å²) in [5.74, 6) is -0.424. The molecule has 0 aliphatic heterocycles. The lowest BCUT2D eigenvalue weighted by Crippen LogP contribution is -2.23. The lowest BCUT2D eigenvalue weighted by atomic mass is 10.1. The molecule has 4 heteroatoms. The molecule has 0 saturated heterocycles. The zero-order valence-corrected chi connectivity index (χ0v) is 10.9. The van der Waals surface area contributed by atoms with Crippen LogP contribution in [0.15, 0.2) is 36.5 Å². The Kier molecular flexibility index (Phi) is 3.90. The fraction of sp³-hybridized carbons (Fsp3) is 0.200. The third kappa shape index (κ3) is 3.37. The number of carbonyl (C=O) groups excluding carboxylic acids is 1. The molecule has 0 spiro atoms. The molecule has 0 radical (unpaired) electrons. The number of carbonyl (C=O) groups is 1. The van der Waals surface area contributed by atoms with Crippen LogP contribution in [0.25, 0.3) is 0 Å². The molecule has 0 unspecified atom stereocenters. The van der Waals surface area contributed by atoms with Crippen molar-refractivity contribution in [2.45, 2.75) is 20.4 Å². The Morgan fingerprint density at radius 3 is 2.68 bits per heavy atom. The molecule has 2 aromatic rings. The predicted octanol–water partition coefficient (Wildman–Crippen LogP) is 2.77. The van der Waals surface area contributed by atoms with E-state index in [0.717, 1.165) is 11.3 Å². The fourth-order valence-electron chi connectivity index (χ4n) is 1.70. The van der Waals surface area contributed by atoms with Crippen molar-refractivity contribution in [2.24, 2.45) is 0 Å². The van der Waals surface area contributed by atoms with Crippen LogP contribution in [0.4, 0.5) is 4.39 Å². The van der Waals surface area contributed by atoms with Crippen molar-refractivity contribution in [1.82, 2.24) is 10.3 Å². The molecule has 1 N–H and O–H groups in total. The van der Waals surface area contributed by atoms with Gasteiger partial charge in [-0.05, 0) is 43.2 Å². The van der Waals surface area contributed by atoms with E-state index in [4.69, 9.17) is 0 Å². The highest BCUT2D eigenvalue weighted by Gasteiger charge is 2.06. The molecule has 2 rings (SSSR count). The van der Waals surface area contributed by atoms with Crippen LogP contribution in [0.5, 0.6) is 0 Å². The Balaban J connectivity index is 2.00. The van der Waals surface area contributed by atoms with Crippen molar-refractivity contribution < 1.29 is 9.18 Å². The van der Waals surface area contributed by atoms with Crippen LogP contribution < -0.4 is 5.32 Å². The van der Waals surface area contributed by atoms with E-state index in [1.54, 1.807) is 37.4 Å². The van der Waals surface area contributed by atoms with E-state index in [1.165, 1.54) is 6.07 Å². The van der Waals surface area contributed by atoms with Crippen molar-refractivity contribution in [3.8, 4) is 0 Å². The van der Waals surface area contributed by atoms with Crippen LogP contribution >= 0.6 is 0 Å². The number of nitrogens with one attached hydrogen (secondary N) is 1. The molecule has 0 saturated carbocycles. The van der Waals surface area contributed by atoms with Gasteiger partial charge in [0.25, 0.3) is 5.91 Å². The number of amides is 1. The molecule has 1 aromatic carbocycles. The number of nitrogens with zero attached hydrogens (tertiary/aromatic N) is 1. The Morgan fingerprint density at radius 1 is 1.26 bits per heavy atom. The van der Waals surface area contributed by atoms with E-state index >= 15 is 0 Å². The molecule has 0 fully saturated rings. The summed E-state index contributed by atoms with van der Waals surface area (Å²) in [5.41, 5.74) is 2.83. The quantitative estimate of drug-likeness (QED) is 0.919. The van der Waals surface area contributed by atoms with Crippen molar-refractivity contribution in [1.29, 1.82) is 0 Å². The molecular formula is C15H15FN2O. The minimum absolute atomic E-state index is 0.186. The molecule has 1 amide bonds. The number of hydrogen-bond acceptors (Lipinski definition) is 2. The molecule has 98 valence electrons. The largest absolute Gasteiger partial charge is 0.348 e. The Hall–Kier alpha value is -2.23. The summed E-state index contributed by atoms with van der Waals surface area (Å²) in [6.07, 6.45) is 1.54. The lowest BCUT2D eigenvalue weighted by molar-refractivity contribution is 0.0950. The first-order valence-electron chi connectivity index (χ1n) is 6.02. The van der Waals surface area contributed by atoms with Gasteiger partial charge in [-0.15, -0.1) is 0 Å².